The van der Waals surface area contributed by atoms with Crippen molar-refractivity contribution in [1.82, 2.24) is 15.1 Å². The van der Waals surface area contributed by atoms with Crippen LogP contribution in [-0.2, 0) is 6.54 Å². The number of nitrogens with zero attached hydrogens (tertiary/aromatic N) is 2. The van der Waals surface area contributed by atoms with Gasteiger partial charge >= 0.3 is 0 Å². The molecule has 148 valence electrons. The first-order valence-electron chi connectivity index (χ1n) is 9.05. The van der Waals surface area contributed by atoms with Gasteiger partial charge in [-0.3, -0.25) is 9.59 Å². The van der Waals surface area contributed by atoms with Crippen LogP contribution < -0.4 is 20.2 Å². The number of benzene rings is 2. The van der Waals surface area contributed by atoms with Gasteiger partial charge in [0.1, 0.15) is 13.2 Å². The topological polar surface area (TPSA) is 82.5 Å². The molecule has 0 radical (unpaired) electrons. The maximum Gasteiger partial charge on any atom is 0.276 e. The molecule has 0 unspecified atom stereocenters. The summed E-state index contributed by atoms with van der Waals surface area (Å²) >= 11 is 6.24. The molecule has 0 bridgehead atoms. The SMILES string of the molecule is Cc1cc(=O)c(C(=O)NCc2ccc3c(c2)OCCO3)nn1-c1ccccc1Cl. The fourth-order valence-corrected chi connectivity index (χ4v) is 3.25. The summed E-state index contributed by atoms with van der Waals surface area (Å²) in [5, 5.41) is 7.45. The Hall–Kier alpha value is -3.32. The zero-order chi connectivity index (χ0) is 20.4. The Morgan fingerprint density at radius 1 is 1.14 bits per heavy atom. The molecule has 0 saturated carbocycles. The minimum Gasteiger partial charge on any atom is -0.486 e. The van der Waals surface area contributed by atoms with E-state index >= 15 is 0 Å². The van der Waals surface area contributed by atoms with Gasteiger partial charge in [-0.15, -0.1) is 0 Å². The number of nitrogens with one attached hydrogen (secondary N) is 1. The fourth-order valence-electron chi connectivity index (χ4n) is 3.04. The summed E-state index contributed by atoms with van der Waals surface area (Å²) < 4.78 is 12.5. The molecule has 1 N–H and O–H groups in total. The molecule has 0 saturated heterocycles. The molecule has 0 aliphatic carbocycles. The summed E-state index contributed by atoms with van der Waals surface area (Å²) in [6, 6.07) is 13.9. The summed E-state index contributed by atoms with van der Waals surface area (Å²) in [4.78, 5) is 25.0. The normalized spacial score (nSPS) is 12.5. The van der Waals surface area contributed by atoms with Gasteiger partial charge in [0.2, 0.25) is 5.43 Å². The Labute approximate surface area is 171 Å². The first kappa shape index (κ1) is 19.0. The van der Waals surface area contributed by atoms with Crippen molar-refractivity contribution in [3.05, 3.63) is 80.7 Å². The molecule has 1 aliphatic heterocycles. The molecule has 7 nitrogen and oxygen atoms in total. The molecule has 0 fully saturated rings. The first-order valence-corrected chi connectivity index (χ1v) is 9.43. The third-order valence-electron chi connectivity index (χ3n) is 4.46. The van der Waals surface area contributed by atoms with Crippen LogP contribution in [0, 0.1) is 6.92 Å². The zero-order valence-electron chi connectivity index (χ0n) is 15.6. The monoisotopic (exact) mass is 411 g/mol. The number of aromatic nitrogens is 2. The maximum atomic E-state index is 12.6. The minimum atomic E-state index is -0.564. The lowest BCUT2D eigenvalue weighted by Gasteiger charge is -2.19. The van der Waals surface area contributed by atoms with E-state index in [1.54, 1.807) is 37.3 Å². The first-order chi connectivity index (χ1) is 14.0. The highest BCUT2D eigenvalue weighted by Gasteiger charge is 2.17. The van der Waals surface area contributed by atoms with E-state index in [2.05, 4.69) is 10.4 Å². The van der Waals surface area contributed by atoms with Crippen LogP contribution in [-0.4, -0.2) is 28.9 Å². The molecule has 3 aromatic rings. The largest absolute Gasteiger partial charge is 0.486 e. The standard InChI is InChI=1S/C21H18ClN3O4/c1-13-10-17(26)20(24-25(13)16-5-3-2-4-15(16)22)21(27)23-12-14-6-7-18-19(11-14)29-9-8-28-18/h2-7,10-11H,8-9,12H2,1H3,(H,23,27). The van der Waals surface area contributed by atoms with Crippen molar-refractivity contribution < 1.29 is 14.3 Å². The van der Waals surface area contributed by atoms with Crippen molar-refractivity contribution in [3.63, 3.8) is 0 Å². The van der Waals surface area contributed by atoms with Crippen LogP contribution in [0.3, 0.4) is 0 Å². The highest BCUT2D eigenvalue weighted by Crippen LogP contribution is 2.30. The van der Waals surface area contributed by atoms with Crippen LogP contribution in [0.25, 0.3) is 5.69 Å². The zero-order valence-corrected chi connectivity index (χ0v) is 16.4. The second-order valence-corrected chi connectivity index (χ2v) is 6.93. The predicted octanol–water partition coefficient (Wildman–Crippen LogP) is 2.90. The second-order valence-electron chi connectivity index (χ2n) is 6.52. The average molecular weight is 412 g/mol. The Morgan fingerprint density at radius 2 is 1.90 bits per heavy atom. The van der Waals surface area contributed by atoms with E-state index in [0.29, 0.717) is 41.1 Å². The Bertz CT molecular complexity index is 1140. The Balaban J connectivity index is 1.57. The van der Waals surface area contributed by atoms with Gasteiger partial charge in [-0.1, -0.05) is 29.8 Å². The molecule has 1 amide bonds. The van der Waals surface area contributed by atoms with Crippen molar-refractivity contribution in [3.8, 4) is 17.2 Å². The molecule has 1 aliphatic rings. The van der Waals surface area contributed by atoms with E-state index in [0.717, 1.165) is 5.56 Å². The van der Waals surface area contributed by atoms with Gasteiger partial charge in [0, 0.05) is 18.3 Å². The van der Waals surface area contributed by atoms with E-state index in [4.69, 9.17) is 21.1 Å². The number of ether oxygens (including phenoxy) is 2. The third-order valence-corrected chi connectivity index (χ3v) is 4.78. The van der Waals surface area contributed by atoms with Crippen LogP contribution in [0.2, 0.25) is 5.02 Å². The lowest BCUT2D eigenvalue weighted by Crippen LogP contribution is -2.31. The van der Waals surface area contributed by atoms with Gasteiger partial charge in [0.05, 0.1) is 10.7 Å². The Morgan fingerprint density at radius 3 is 2.69 bits per heavy atom. The van der Waals surface area contributed by atoms with Gasteiger partial charge in [0.25, 0.3) is 5.91 Å². The molecule has 0 atom stereocenters. The number of carbonyl (C=O) groups excluding carboxylic acids is 1. The number of hydrogen-bond donors (Lipinski definition) is 1. The highest BCUT2D eigenvalue weighted by atomic mass is 35.5. The molecule has 2 aromatic carbocycles. The van der Waals surface area contributed by atoms with Gasteiger partial charge in [0.15, 0.2) is 17.2 Å². The van der Waals surface area contributed by atoms with Crippen molar-refractivity contribution in [2.45, 2.75) is 13.5 Å². The molecule has 8 heteroatoms. The van der Waals surface area contributed by atoms with Crippen LogP contribution in [0.15, 0.2) is 53.3 Å². The van der Waals surface area contributed by atoms with Crippen LogP contribution in [0.1, 0.15) is 21.7 Å². The summed E-state index contributed by atoms with van der Waals surface area (Å²) in [7, 11) is 0. The predicted molar refractivity (Wildman–Crippen MR) is 108 cm³/mol. The van der Waals surface area contributed by atoms with Crippen LogP contribution >= 0.6 is 11.6 Å². The van der Waals surface area contributed by atoms with Crippen molar-refractivity contribution in [2.75, 3.05) is 13.2 Å². The lowest BCUT2D eigenvalue weighted by molar-refractivity contribution is 0.0943. The van der Waals surface area contributed by atoms with Gasteiger partial charge in [-0.05, 0) is 36.8 Å². The number of hydrogen-bond acceptors (Lipinski definition) is 5. The Kier molecular flexibility index (Phi) is 5.22. The molecule has 4 rings (SSSR count). The van der Waals surface area contributed by atoms with Gasteiger partial charge in [-0.2, -0.15) is 5.10 Å². The maximum absolute atomic E-state index is 12.6. The number of carbonyl (C=O) groups is 1. The minimum absolute atomic E-state index is 0.201. The highest BCUT2D eigenvalue weighted by molar-refractivity contribution is 6.32. The number of amides is 1. The van der Waals surface area contributed by atoms with Crippen molar-refractivity contribution in [1.29, 1.82) is 0 Å². The van der Waals surface area contributed by atoms with Gasteiger partial charge < -0.3 is 14.8 Å². The van der Waals surface area contributed by atoms with E-state index in [9.17, 15) is 9.59 Å². The average Bonchev–Trinajstić information content (AvgIpc) is 2.73. The molecule has 29 heavy (non-hydrogen) atoms. The van der Waals surface area contributed by atoms with E-state index < -0.39 is 11.3 Å². The number of fused-ring (bicyclic) bond motifs is 1. The summed E-state index contributed by atoms with van der Waals surface area (Å²) in [5.41, 5.74) is 1.33. The summed E-state index contributed by atoms with van der Waals surface area (Å²) in [5.74, 6) is 0.748. The van der Waals surface area contributed by atoms with Crippen molar-refractivity contribution in [2.24, 2.45) is 0 Å². The lowest BCUT2D eigenvalue weighted by atomic mass is 10.2. The molecular formula is C21H18ClN3O4. The molecule has 2 heterocycles. The van der Waals surface area contributed by atoms with Gasteiger partial charge in [-0.25, -0.2) is 4.68 Å². The number of aryl methyl sites for hydroxylation is 1. The quantitative estimate of drug-likeness (QED) is 0.713. The van der Waals surface area contributed by atoms with Crippen molar-refractivity contribution >= 4 is 17.5 Å². The molecule has 0 spiro atoms. The summed E-state index contributed by atoms with van der Waals surface area (Å²) in [6.07, 6.45) is 0. The van der Waals surface area contributed by atoms with Crippen LogP contribution in [0.4, 0.5) is 0 Å². The molecular weight excluding hydrogens is 394 g/mol. The number of halogens is 1. The fraction of sp³-hybridized carbons (Fsp3) is 0.190. The van der Waals surface area contributed by atoms with E-state index in [-0.39, 0.29) is 12.2 Å². The second kappa shape index (κ2) is 7.97. The summed E-state index contributed by atoms with van der Waals surface area (Å²) in [6.45, 7) is 2.95. The smallest absolute Gasteiger partial charge is 0.276 e. The van der Waals surface area contributed by atoms with E-state index in [1.165, 1.54) is 10.7 Å². The third kappa shape index (κ3) is 3.95. The van der Waals surface area contributed by atoms with E-state index in [1.807, 2.05) is 12.1 Å². The molecule has 1 aromatic heterocycles. The van der Waals surface area contributed by atoms with Crippen LogP contribution in [0.5, 0.6) is 11.5 Å². The number of para-hydroxylation sites is 1. The number of rotatable bonds is 4.